The summed E-state index contributed by atoms with van der Waals surface area (Å²) in [6, 6.07) is 7.11. The van der Waals surface area contributed by atoms with Crippen LogP contribution in [0.5, 0.6) is 0 Å². The van der Waals surface area contributed by atoms with E-state index < -0.39 is 0 Å². The van der Waals surface area contributed by atoms with Crippen molar-refractivity contribution in [1.29, 1.82) is 0 Å². The van der Waals surface area contributed by atoms with Crippen LogP contribution in [0.25, 0.3) is 0 Å². The van der Waals surface area contributed by atoms with Crippen LogP contribution in [-0.2, 0) is 9.53 Å². The van der Waals surface area contributed by atoms with Crippen LogP contribution < -0.4 is 16.0 Å². The fourth-order valence-electron chi connectivity index (χ4n) is 2.86. The summed E-state index contributed by atoms with van der Waals surface area (Å²) in [5.41, 5.74) is 0.758. The van der Waals surface area contributed by atoms with Crippen LogP contribution in [0.1, 0.15) is 26.2 Å². The van der Waals surface area contributed by atoms with Gasteiger partial charge in [0.05, 0.1) is 13.2 Å². The predicted molar refractivity (Wildman–Crippen MR) is 115 cm³/mol. The van der Waals surface area contributed by atoms with Gasteiger partial charge in [-0.3, -0.25) is 14.7 Å². The minimum Gasteiger partial charge on any atom is -0.379 e. The molecule has 1 saturated heterocycles. The summed E-state index contributed by atoms with van der Waals surface area (Å²) < 4.78 is 5.37. The van der Waals surface area contributed by atoms with Crippen LogP contribution in [0.15, 0.2) is 29.3 Å². The number of anilines is 1. The lowest BCUT2D eigenvalue weighted by Crippen LogP contribution is -2.40. The Kier molecular flexibility index (Phi) is 10.7. The molecule has 2 rings (SSSR count). The quantitative estimate of drug-likeness (QED) is 0.314. The zero-order valence-corrected chi connectivity index (χ0v) is 17.4. The molecule has 1 aromatic carbocycles. The molecule has 0 bridgehead atoms. The van der Waals surface area contributed by atoms with Crippen molar-refractivity contribution >= 4 is 29.2 Å². The highest BCUT2D eigenvalue weighted by Gasteiger charge is 2.09. The van der Waals surface area contributed by atoms with Crippen molar-refractivity contribution in [2.75, 3.05) is 57.8 Å². The summed E-state index contributed by atoms with van der Waals surface area (Å²) in [6.07, 6.45) is 2.19. The van der Waals surface area contributed by atoms with Gasteiger partial charge in [-0.15, -0.1) is 0 Å². The predicted octanol–water partition coefficient (Wildman–Crippen LogP) is 2.34. The van der Waals surface area contributed by atoms with E-state index in [2.05, 4.69) is 25.8 Å². The lowest BCUT2D eigenvalue weighted by Gasteiger charge is -2.26. The Labute approximate surface area is 172 Å². The third-order valence-electron chi connectivity index (χ3n) is 4.35. The average molecular weight is 410 g/mol. The van der Waals surface area contributed by atoms with Crippen molar-refractivity contribution in [1.82, 2.24) is 15.5 Å². The Morgan fingerprint density at radius 1 is 1.18 bits per heavy atom. The van der Waals surface area contributed by atoms with E-state index in [1.54, 1.807) is 24.3 Å². The van der Waals surface area contributed by atoms with Crippen LogP contribution in [0, 0.1) is 0 Å². The van der Waals surface area contributed by atoms with Gasteiger partial charge in [0, 0.05) is 49.9 Å². The first-order valence-corrected chi connectivity index (χ1v) is 10.4. The SMILES string of the molecule is CCNC(=NCCCC(=O)Nc1ccc(Cl)cc1)NCCCN1CCOCC1. The highest BCUT2D eigenvalue weighted by molar-refractivity contribution is 6.30. The summed E-state index contributed by atoms with van der Waals surface area (Å²) in [5, 5.41) is 10.1. The Morgan fingerprint density at radius 3 is 2.64 bits per heavy atom. The highest BCUT2D eigenvalue weighted by atomic mass is 35.5. The minimum absolute atomic E-state index is 0.0130. The molecule has 0 aliphatic carbocycles. The molecule has 0 radical (unpaired) electrons. The number of aliphatic imine (C=N–C) groups is 1. The number of rotatable bonds is 10. The number of hydrogen-bond donors (Lipinski definition) is 3. The smallest absolute Gasteiger partial charge is 0.224 e. The zero-order chi connectivity index (χ0) is 20.0. The van der Waals surface area contributed by atoms with E-state index in [0.29, 0.717) is 24.4 Å². The van der Waals surface area contributed by atoms with Crippen molar-refractivity contribution in [3.8, 4) is 0 Å². The van der Waals surface area contributed by atoms with Gasteiger partial charge in [0.2, 0.25) is 5.91 Å². The Hall–Kier alpha value is -1.83. The van der Waals surface area contributed by atoms with Crippen molar-refractivity contribution in [2.45, 2.75) is 26.2 Å². The Bertz CT molecular complexity index is 603. The molecular weight excluding hydrogens is 378 g/mol. The number of benzene rings is 1. The molecule has 1 amide bonds. The Balaban J connectivity index is 1.61. The van der Waals surface area contributed by atoms with Gasteiger partial charge in [-0.25, -0.2) is 0 Å². The van der Waals surface area contributed by atoms with E-state index in [-0.39, 0.29) is 5.91 Å². The molecule has 1 aliphatic rings. The fourth-order valence-corrected chi connectivity index (χ4v) is 2.99. The third-order valence-corrected chi connectivity index (χ3v) is 4.60. The van der Waals surface area contributed by atoms with Crippen molar-refractivity contribution in [2.24, 2.45) is 4.99 Å². The summed E-state index contributed by atoms with van der Waals surface area (Å²) in [7, 11) is 0. The molecule has 0 unspecified atom stereocenters. The van der Waals surface area contributed by atoms with E-state index in [1.165, 1.54) is 0 Å². The maximum Gasteiger partial charge on any atom is 0.224 e. The van der Waals surface area contributed by atoms with Gasteiger partial charge in [0.1, 0.15) is 0 Å². The average Bonchev–Trinajstić information content (AvgIpc) is 2.71. The van der Waals surface area contributed by atoms with Crippen LogP contribution in [0.4, 0.5) is 5.69 Å². The van der Waals surface area contributed by atoms with E-state index >= 15 is 0 Å². The van der Waals surface area contributed by atoms with Gasteiger partial charge in [-0.2, -0.15) is 0 Å². The monoisotopic (exact) mass is 409 g/mol. The molecule has 1 fully saturated rings. The second-order valence-corrected chi connectivity index (χ2v) is 7.09. The maximum absolute atomic E-state index is 12.0. The largest absolute Gasteiger partial charge is 0.379 e. The number of morpholine rings is 1. The highest BCUT2D eigenvalue weighted by Crippen LogP contribution is 2.13. The van der Waals surface area contributed by atoms with Crippen LogP contribution in [0.2, 0.25) is 5.02 Å². The number of halogens is 1. The van der Waals surface area contributed by atoms with Gasteiger partial charge >= 0.3 is 0 Å². The second kappa shape index (κ2) is 13.4. The van der Waals surface area contributed by atoms with Crippen molar-refractivity contribution < 1.29 is 9.53 Å². The topological polar surface area (TPSA) is 78.0 Å². The third kappa shape index (κ3) is 9.39. The van der Waals surface area contributed by atoms with Crippen LogP contribution in [-0.4, -0.2) is 69.2 Å². The minimum atomic E-state index is -0.0130. The summed E-state index contributed by atoms with van der Waals surface area (Å²) >= 11 is 5.84. The Morgan fingerprint density at radius 2 is 1.93 bits per heavy atom. The number of nitrogens with one attached hydrogen (secondary N) is 3. The maximum atomic E-state index is 12.0. The summed E-state index contributed by atoms with van der Waals surface area (Å²) in [6.45, 7) is 9.12. The second-order valence-electron chi connectivity index (χ2n) is 6.65. The number of carbonyl (C=O) groups is 1. The van der Waals surface area contributed by atoms with Gasteiger partial charge < -0.3 is 20.7 Å². The van der Waals surface area contributed by atoms with Gasteiger partial charge in [-0.05, 0) is 50.6 Å². The molecule has 3 N–H and O–H groups in total. The molecule has 1 heterocycles. The number of ether oxygens (including phenoxy) is 1. The number of nitrogens with zero attached hydrogens (tertiary/aromatic N) is 2. The molecule has 0 spiro atoms. The summed E-state index contributed by atoms with van der Waals surface area (Å²) in [4.78, 5) is 19.0. The first-order chi connectivity index (χ1) is 13.7. The van der Waals surface area contributed by atoms with Gasteiger partial charge in [0.15, 0.2) is 5.96 Å². The number of carbonyl (C=O) groups excluding carboxylic acids is 1. The van der Waals surface area contributed by atoms with E-state index in [1.807, 2.05) is 6.92 Å². The van der Waals surface area contributed by atoms with Gasteiger partial charge in [-0.1, -0.05) is 11.6 Å². The van der Waals surface area contributed by atoms with Crippen LogP contribution in [0.3, 0.4) is 0 Å². The normalized spacial score (nSPS) is 15.3. The molecule has 7 nitrogen and oxygen atoms in total. The standard InChI is InChI=1S/C20H32ClN5O2/c1-2-22-20(24-11-4-12-26-13-15-28-16-14-26)23-10-3-5-19(27)25-18-8-6-17(21)7-9-18/h6-9H,2-5,10-16H2,1H3,(H,25,27)(H2,22,23,24). The molecule has 28 heavy (non-hydrogen) atoms. The van der Waals surface area contributed by atoms with Crippen LogP contribution >= 0.6 is 11.6 Å². The van der Waals surface area contributed by atoms with Crippen molar-refractivity contribution in [3.05, 3.63) is 29.3 Å². The molecule has 0 aromatic heterocycles. The number of guanidine groups is 1. The molecule has 8 heteroatoms. The lowest BCUT2D eigenvalue weighted by molar-refractivity contribution is -0.116. The van der Waals surface area contributed by atoms with Gasteiger partial charge in [0.25, 0.3) is 0 Å². The number of hydrogen-bond acceptors (Lipinski definition) is 4. The molecule has 0 saturated carbocycles. The lowest BCUT2D eigenvalue weighted by atomic mass is 10.2. The molecular formula is C20H32ClN5O2. The summed E-state index contributed by atoms with van der Waals surface area (Å²) in [5.74, 6) is 0.795. The fraction of sp³-hybridized carbons (Fsp3) is 0.600. The molecule has 0 atom stereocenters. The van der Waals surface area contributed by atoms with E-state index in [0.717, 1.165) is 64.0 Å². The van der Waals surface area contributed by atoms with E-state index in [9.17, 15) is 4.79 Å². The molecule has 156 valence electrons. The molecule has 1 aromatic rings. The van der Waals surface area contributed by atoms with E-state index in [4.69, 9.17) is 16.3 Å². The zero-order valence-electron chi connectivity index (χ0n) is 16.7. The number of amides is 1. The first kappa shape index (κ1) is 22.5. The first-order valence-electron chi connectivity index (χ1n) is 10.0. The van der Waals surface area contributed by atoms with Crippen molar-refractivity contribution in [3.63, 3.8) is 0 Å². The molecule has 1 aliphatic heterocycles.